The highest BCUT2D eigenvalue weighted by atomic mass is 19.1. The Morgan fingerprint density at radius 1 is 1.30 bits per heavy atom. The van der Waals surface area contributed by atoms with Gasteiger partial charge in [0.25, 0.3) is 0 Å². The first-order valence-corrected chi connectivity index (χ1v) is 8.12. The van der Waals surface area contributed by atoms with E-state index >= 15 is 0 Å². The number of nitrogens with zero attached hydrogens (tertiary/aromatic N) is 1. The van der Waals surface area contributed by atoms with Gasteiger partial charge in [-0.1, -0.05) is 12.1 Å². The van der Waals surface area contributed by atoms with E-state index in [0.717, 1.165) is 24.8 Å². The minimum absolute atomic E-state index is 0.0635. The number of carbonyl (C=O) groups excluding carboxylic acids is 2. The lowest BCUT2D eigenvalue weighted by molar-refractivity contribution is -0.119. The van der Waals surface area contributed by atoms with Crippen LogP contribution in [0.25, 0.3) is 0 Å². The van der Waals surface area contributed by atoms with E-state index in [1.165, 1.54) is 12.1 Å². The summed E-state index contributed by atoms with van der Waals surface area (Å²) in [4.78, 5) is 25.0. The number of likely N-dealkylation sites (tertiary alicyclic amines) is 1. The van der Waals surface area contributed by atoms with Gasteiger partial charge in [0, 0.05) is 31.5 Å². The second-order valence-electron chi connectivity index (χ2n) is 6.55. The Morgan fingerprint density at radius 3 is 2.70 bits per heavy atom. The molecule has 3 N–H and O–H groups in total. The van der Waals surface area contributed by atoms with Crippen LogP contribution < -0.4 is 11.1 Å². The maximum atomic E-state index is 13.2. The normalized spacial score (nSPS) is 24.3. The molecule has 0 radical (unpaired) electrons. The highest BCUT2D eigenvalue weighted by Crippen LogP contribution is 2.41. The monoisotopic (exact) mass is 319 g/mol. The zero-order chi connectivity index (χ0) is 16.4. The Labute approximate surface area is 135 Å². The summed E-state index contributed by atoms with van der Waals surface area (Å²) in [5, 5.41) is 3.02. The molecular formula is C17H22FN3O2. The van der Waals surface area contributed by atoms with E-state index in [1.807, 2.05) is 6.07 Å². The van der Waals surface area contributed by atoms with Crippen LogP contribution in [0.1, 0.15) is 37.2 Å². The number of hydrogen-bond acceptors (Lipinski definition) is 2. The lowest BCUT2D eigenvalue weighted by Gasteiger charge is -2.31. The van der Waals surface area contributed by atoms with Gasteiger partial charge in [-0.05, 0) is 42.9 Å². The van der Waals surface area contributed by atoms with Gasteiger partial charge in [0.1, 0.15) is 5.82 Å². The quantitative estimate of drug-likeness (QED) is 0.890. The van der Waals surface area contributed by atoms with Gasteiger partial charge in [0.15, 0.2) is 0 Å². The van der Waals surface area contributed by atoms with E-state index in [4.69, 9.17) is 5.73 Å². The third kappa shape index (κ3) is 4.00. The maximum absolute atomic E-state index is 13.2. The molecule has 5 nitrogen and oxygen atoms in total. The summed E-state index contributed by atoms with van der Waals surface area (Å²) in [6.07, 6.45) is 2.88. The van der Waals surface area contributed by atoms with Crippen LogP contribution in [0.4, 0.5) is 9.18 Å². The van der Waals surface area contributed by atoms with Crippen molar-refractivity contribution in [3.63, 3.8) is 0 Å². The van der Waals surface area contributed by atoms with Crippen LogP contribution in [0.3, 0.4) is 0 Å². The molecule has 1 aromatic rings. The van der Waals surface area contributed by atoms with Gasteiger partial charge in [-0.3, -0.25) is 4.79 Å². The molecule has 2 aliphatic rings. The Balaban J connectivity index is 1.45. The predicted octanol–water partition coefficient (Wildman–Crippen LogP) is 1.98. The highest BCUT2D eigenvalue weighted by molar-refractivity contribution is 5.76. The Hall–Kier alpha value is -2.11. The summed E-state index contributed by atoms with van der Waals surface area (Å²) in [6.45, 7) is 1.31. The molecule has 2 atom stereocenters. The fourth-order valence-electron chi connectivity index (χ4n) is 3.33. The van der Waals surface area contributed by atoms with Crippen molar-refractivity contribution in [3.05, 3.63) is 35.6 Å². The summed E-state index contributed by atoms with van der Waals surface area (Å²) in [7, 11) is 0. The number of rotatable bonds is 4. The number of nitrogens with one attached hydrogen (secondary N) is 1. The number of benzene rings is 1. The number of amides is 3. The molecular weight excluding hydrogens is 297 g/mol. The fourth-order valence-corrected chi connectivity index (χ4v) is 3.33. The average molecular weight is 319 g/mol. The van der Waals surface area contributed by atoms with Crippen LogP contribution in [0.2, 0.25) is 0 Å². The Kier molecular flexibility index (Phi) is 4.50. The molecule has 1 aromatic carbocycles. The van der Waals surface area contributed by atoms with Gasteiger partial charge >= 0.3 is 6.03 Å². The van der Waals surface area contributed by atoms with Gasteiger partial charge in [-0.25, -0.2) is 9.18 Å². The number of nitrogens with two attached hydrogens (primary N) is 1. The van der Waals surface area contributed by atoms with Crippen molar-refractivity contribution >= 4 is 11.9 Å². The van der Waals surface area contributed by atoms with Crippen LogP contribution in [0, 0.1) is 11.7 Å². The largest absolute Gasteiger partial charge is 0.370 e. The number of hydrogen-bond donors (Lipinski definition) is 2. The molecule has 1 saturated carbocycles. The van der Waals surface area contributed by atoms with Gasteiger partial charge in [0.2, 0.25) is 5.91 Å². The molecule has 1 heterocycles. The third-order valence-corrected chi connectivity index (χ3v) is 4.77. The first-order valence-electron chi connectivity index (χ1n) is 8.12. The van der Waals surface area contributed by atoms with Crippen molar-refractivity contribution in [1.29, 1.82) is 0 Å². The minimum Gasteiger partial charge on any atom is -0.370 e. The molecule has 23 heavy (non-hydrogen) atoms. The average Bonchev–Trinajstić information content (AvgIpc) is 3.26. The fraction of sp³-hybridized carbons (Fsp3) is 0.529. The summed E-state index contributed by atoms with van der Waals surface area (Å²) in [6, 6.07) is 6.58. The molecule has 0 unspecified atom stereocenters. The van der Waals surface area contributed by atoms with Crippen LogP contribution >= 0.6 is 0 Å². The lowest BCUT2D eigenvalue weighted by Crippen LogP contribution is -2.45. The zero-order valence-corrected chi connectivity index (χ0v) is 13.0. The molecule has 3 rings (SSSR count). The molecule has 124 valence electrons. The standard InChI is InChI=1S/C17H22FN3O2/c18-13-3-1-2-12(9-13)14-10-15(14)20-17(23)21-6-4-11(5-7-21)8-16(19)22/h1-3,9,11,14-15H,4-8,10H2,(H2,19,22)(H,20,23)/t14-,15+/m0/s1. The number of primary amides is 1. The zero-order valence-electron chi connectivity index (χ0n) is 13.0. The first kappa shape index (κ1) is 15.8. The van der Waals surface area contributed by atoms with Gasteiger partial charge in [0.05, 0.1) is 0 Å². The van der Waals surface area contributed by atoms with Crippen molar-refractivity contribution in [2.75, 3.05) is 13.1 Å². The van der Waals surface area contributed by atoms with E-state index in [9.17, 15) is 14.0 Å². The molecule has 2 fully saturated rings. The van der Waals surface area contributed by atoms with Crippen LogP contribution in [0.5, 0.6) is 0 Å². The SMILES string of the molecule is NC(=O)CC1CCN(C(=O)N[C@@H]2C[C@H]2c2cccc(F)c2)CC1. The smallest absolute Gasteiger partial charge is 0.317 e. The Morgan fingerprint density at radius 2 is 2.04 bits per heavy atom. The van der Waals surface area contributed by atoms with Crippen LogP contribution in [-0.4, -0.2) is 36.0 Å². The summed E-state index contributed by atoms with van der Waals surface area (Å²) in [5.74, 6) is -0.0145. The van der Waals surface area contributed by atoms with E-state index in [2.05, 4.69) is 5.32 Å². The number of urea groups is 1. The molecule has 0 aromatic heterocycles. The number of carbonyl (C=O) groups is 2. The Bertz CT molecular complexity index is 599. The molecule has 0 spiro atoms. The number of halogens is 1. The third-order valence-electron chi connectivity index (χ3n) is 4.77. The summed E-state index contributed by atoms with van der Waals surface area (Å²) < 4.78 is 13.2. The van der Waals surface area contributed by atoms with E-state index in [-0.39, 0.29) is 35.6 Å². The van der Waals surface area contributed by atoms with E-state index in [0.29, 0.717) is 19.5 Å². The van der Waals surface area contributed by atoms with Crippen molar-refractivity contribution in [3.8, 4) is 0 Å². The molecule has 1 saturated heterocycles. The van der Waals surface area contributed by atoms with Crippen LogP contribution in [0.15, 0.2) is 24.3 Å². The molecule has 3 amide bonds. The second kappa shape index (κ2) is 6.56. The molecule has 0 bridgehead atoms. The van der Waals surface area contributed by atoms with Crippen molar-refractivity contribution in [2.24, 2.45) is 11.7 Å². The van der Waals surface area contributed by atoms with Gasteiger partial charge < -0.3 is 16.0 Å². The molecule has 1 aliphatic carbocycles. The molecule has 6 heteroatoms. The van der Waals surface area contributed by atoms with E-state index < -0.39 is 0 Å². The summed E-state index contributed by atoms with van der Waals surface area (Å²) >= 11 is 0. The van der Waals surface area contributed by atoms with Crippen molar-refractivity contribution in [2.45, 2.75) is 37.6 Å². The van der Waals surface area contributed by atoms with Crippen molar-refractivity contribution in [1.82, 2.24) is 10.2 Å². The van der Waals surface area contributed by atoms with Gasteiger partial charge in [-0.15, -0.1) is 0 Å². The maximum Gasteiger partial charge on any atom is 0.317 e. The van der Waals surface area contributed by atoms with Crippen LogP contribution in [-0.2, 0) is 4.79 Å². The topological polar surface area (TPSA) is 75.4 Å². The number of piperidine rings is 1. The van der Waals surface area contributed by atoms with Crippen molar-refractivity contribution < 1.29 is 14.0 Å². The van der Waals surface area contributed by atoms with Gasteiger partial charge in [-0.2, -0.15) is 0 Å². The summed E-state index contributed by atoms with van der Waals surface area (Å²) in [5.41, 5.74) is 6.15. The van der Waals surface area contributed by atoms with E-state index in [1.54, 1.807) is 11.0 Å². The first-order chi connectivity index (χ1) is 11.0. The minimum atomic E-state index is -0.274. The molecule has 1 aliphatic heterocycles. The second-order valence-corrected chi connectivity index (χ2v) is 6.55. The predicted molar refractivity (Wildman–Crippen MR) is 84.2 cm³/mol. The lowest BCUT2D eigenvalue weighted by atomic mass is 9.93. The highest BCUT2D eigenvalue weighted by Gasteiger charge is 2.40.